The number of aryl methyl sites for hydroxylation is 1. The highest BCUT2D eigenvalue weighted by Gasteiger charge is 2.32. The Kier molecular flexibility index (Phi) is 4.40. The van der Waals surface area contributed by atoms with Crippen molar-refractivity contribution in [3.63, 3.8) is 0 Å². The van der Waals surface area contributed by atoms with Gasteiger partial charge in [0.25, 0.3) is 0 Å². The van der Waals surface area contributed by atoms with Crippen molar-refractivity contribution < 1.29 is 18.3 Å². The van der Waals surface area contributed by atoms with E-state index in [1.165, 1.54) is 21.1 Å². The summed E-state index contributed by atoms with van der Waals surface area (Å²) in [6, 6.07) is 1.38. The van der Waals surface area contributed by atoms with Gasteiger partial charge in [0.15, 0.2) is 0 Å². The average Bonchev–Trinajstić information content (AvgIpc) is 2.86. The van der Waals surface area contributed by atoms with Crippen LogP contribution in [0, 0.1) is 0 Å². The van der Waals surface area contributed by atoms with Crippen LogP contribution in [0.15, 0.2) is 17.2 Å². The Bertz CT molecular complexity index is 638. The zero-order valence-corrected chi connectivity index (χ0v) is 13.3. The minimum atomic E-state index is -3.64. The molecule has 2 rings (SSSR count). The molecule has 8 heteroatoms. The lowest BCUT2D eigenvalue weighted by Crippen LogP contribution is -2.51. The van der Waals surface area contributed by atoms with Crippen molar-refractivity contribution in [2.45, 2.75) is 31.3 Å². The number of piperazine rings is 1. The van der Waals surface area contributed by atoms with Crippen molar-refractivity contribution in [1.82, 2.24) is 13.8 Å². The van der Waals surface area contributed by atoms with Gasteiger partial charge in [-0.15, -0.1) is 0 Å². The van der Waals surface area contributed by atoms with E-state index in [-0.39, 0.29) is 16.6 Å². The minimum absolute atomic E-state index is 0.00162. The van der Waals surface area contributed by atoms with Crippen LogP contribution in [0.4, 0.5) is 0 Å². The molecule has 1 saturated heterocycles. The summed E-state index contributed by atoms with van der Waals surface area (Å²) in [6.45, 7) is 5.67. The lowest BCUT2D eigenvalue weighted by atomic mass is 10.2. The highest BCUT2D eigenvalue weighted by Crippen LogP contribution is 2.22. The molecule has 1 aromatic rings. The smallest absolute Gasteiger partial charge is 0.352 e. The van der Waals surface area contributed by atoms with Crippen LogP contribution in [0.25, 0.3) is 0 Å². The molecule has 0 aliphatic carbocycles. The summed E-state index contributed by atoms with van der Waals surface area (Å²) in [5.74, 6) is -1.12. The summed E-state index contributed by atoms with van der Waals surface area (Å²) in [5.41, 5.74) is -0.00162. The van der Waals surface area contributed by atoms with Crippen LogP contribution in [-0.4, -0.2) is 66.0 Å². The summed E-state index contributed by atoms with van der Waals surface area (Å²) in [4.78, 5) is 13.3. The molecule has 0 bridgehead atoms. The van der Waals surface area contributed by atoms with Gasteiger partial charge in [-0.05, 0) is 27.0 Å². The monoisotopic (exact) mass is 315 g/mol. The molecule has 0 spiro atoms. The van der Waals surface area contributed by atoms with E-state index in [9.17, 15) is 13.2 Å². The van der Waals surface area contributed by atoms with E-state index >= 15 is 0 Å². The number of carboxylic acids is 1. The van der Waals surface area contributed by atoms with E-state index in [0.717, 1.165) is 0 Å². The summed E-state index contributed by atoms with van der Waals surface area (Å²) < 4.78 is 28.2. The topological polar surface area (TPSA) is 82.9 Å². The molecule has 2 heterocycles. The molecular formula is C13H21N3O4S. The van der Waals surface area contributed by atoms with Crippen molar-refractivity contribution in [2.24, 2.45) is 0 Å². The normalized spacial score (nSPS) is 21.6. The molecule has 118 valence electrons. The van der Waals surface area contributed by atoms with Gasteiger partial charge in [0, 0.05) is 38.4 Å². The number of hydrogen-bond donors (Lipinski definition) is 1. The van der Waals surface area contributed by atoms with E-state index in [4.69, 9.17) is 5.11 Å². The Morgan fingerprint density at radius 3 is 2.57 bits per heavy atom. The molecule has 7 nitrogen and oxygen atoms in total. The number of rotatable bonds is 4. The molecule has 0 aromatic carbocycles. The maximum atomic E-state index is 12.6. The van der Waals surface area contributed by atoms with Crippen molar-refractivity contribution >= 4 is 16.0 Å². The molecule has 1 aliphatic heterocycles. The molecule has 1 fully saturated rings. The van der Waals surface area contributed by atoms with Gasteiger partial charge in [-0.3, -0.25) is 0 Å². The van der Waals surface area contributed by atoms with E-state index in [0.29, 0.717) is 26.2 Å². The molecule has 1 atom stereocenters. The predicted octanol–water partition coefficient (Wildman–Crippen LogP) is 0.531. The maximum Gasteiger partial charge on any atom is 0.352 e. The van der Waals surface area contributed by atoms with Crippen molar-refractivity contribution in [3.8, 4) is 0 Å². The quantitative estimate of drug-likeness (QED) is 0.876. The van der Waals surface area contributed by atoms with Gasteiger partial charge in [0.1, 0.15) is 10.6 Å². The Hall–Kier alpha value is -1.38. The lowest BCUT2D eigenvalue weighted by Gasteiger charge is -2.36. The molecule has 0 amide bonds. The maximum absolute atomic E-state index is 12.6. The highest BCUT2D eigenvalue weighted by atomic mass is 32.2. The molecule has 0 radical (unpaired) electrons. The van der Waals surface area contributed by atoms with Gasteiger partial charge in [0.2, 0.25) is 10.0 Å². The number of aromatic nitrogens is 1. The zero-order valence-electron chi connectivity index (χ0n) is 12.5. The van der Waals surface area contributed by atoms with Crippen LogP contribution in [-0.2, 0) is 16.6 Å². The van der Waals surface area contributed by atoms with Gasteiger partial charge < -0.3 is 14.6 Å². The van der Waals surface area contributed by atoms with E-state index in [1.54, 1.807) is 6.92 Å². The molecule has 21 heavy (non-hydrogen) atoms. The summed E-state index contributed by atoms with van der Waals surface area (Å²) >= 11 is 0. The summed E-state index contributed by atoms with van der Waals surface area (Å²) in [5, 5.41) is 9.13. The van der Waals surface area contributed by atoms with Gasteiger partial charge >= 0.3 is 5.97 Å². The largest absolute Gasteiger partial charge is 0.477 e. The van der Waals surface area contributed by atoms with Gasteiger partial charge in [-0.2, -0.15) is 4.31 Å². The first-order valence-corrected chi connectivity index (χ1v) is 8.35. The van der Waals surface area contributed by atoms with E-state index in [1.807, 2.05) is 14.0 Å². The number of likely N-dealkylation sites (N-methyl/N-ethyl adjacent to an activating group) is 1. The SMILES string of the molecule is CCn1cc(S(=O)(=O)N2CCN(C)C(C)C2)cc1C(=O)O. The van der Waals surface area contributed by atoms with Gasteiger partial charge in [-0.25, -0.2) is 13.2 Å². The highest BCUT2D eigenvalue weighted by molar-refractivity contribution is 7.89. The number of sulfonamides is 1. The average molecular weight is 315 g/mol. The molecule has 1 aromatic heterocycles. The standard InChI is InChI=1S/C13H21N3O4S/c1-4-15-9-11(7-12(15)13(17)18)21(19,20)16-6-5-14(3)10(2)8-16/h7,9-10H,4-6,8H2,1-3H3,(H,17,18). The predicted molar refractivity (Wildman–Crippen MR) is 77.9 cm³/mol. The summed E-state index contributed by atoms with van der Waals surface area (Å²) in [6.07, 6.45) is 1.40. The second-order valence-corrected chi connectivity index (χ2v) is 7.28. The number of carbonyl (C=O) groups is 1. The van der Waals surface area contributed by atoms with Crippen LogP contribution in [0.3, 0.4) is 0 Å². The first-order valence-electron chi connectivity index (χ1n) is 6.91. The third-order valence-corrected chi connectivity index (χ3v) is 5.82. The Labute approximate surface area is 124 Å². The van der Waals surface area contributed by atoms with Crippen LogP contribution in [0.1, 0.15) is 24.3 Å². The molecule has 1 N–H and O–H groups in total. The Morgan fingerprint density at radius 2 is 2.10 bits per heavy atom. The molecular weight excluding hydrogens is 294 g/mol. The Balaban J connectivity index is 2.34. The number of aromatic carboxylic acids is 1. The minimum Gasteiger partial charge on any atom is -0.477 e. The fourth-order valence-corrected chi connectivity index (χ4v) is 4.00. The molecule has 1 aliphatic rings. The fourth-order valence-electron chi connectivity index (χ4n) is 2.45. The van der Waals surface area contributed by atoms with Crippen LogP contribution >= 0.6 is 0 Å². The first kappa shape index (κ1) is 16.0. The lowest BCUT2D eigenvalue weighted by molar-refractivity contribution is 0.0685. The van der Waals surface area contributed by atoms with Gasteiger partial charge in [0.05, 0.1) is 0 Å². The zero-order chi connectivity index (χ0) is 15.8. The third kappa shape index (κ3) is 2.97. The summed E-state index contributed by atoms with van der Waals surface area (Å²) in [7, 11) is -1.68. The third-order valence-electron chi connectivity index (χ3n) is 3.99. The van der Waals surface area contributed by atoms with Crippen LogP contribution in [0.2, 0.25) is 0 Å². The van der Waals surface area contributed by atoms with E-state index < -0.39 is 16.0 Å². The second-order valence-electron chi connectivity index (χ2n) is 5.34. The van der Waals surface area contributed by atoms with Crippen molar-refractivity contribution in [3.05, 3.63) is 18.0 Å². The van der Waals surface area contributed by atoms with Crippen LogP contribution in [0.5, 0.6) is 0 Å². The van der Waals surface area contributed by atoms with E-state index in [2.05, 4.69) is 4.90 Å². The van der Waals surface area contributed by atoms with Crippen molar-refractivity contribution in [1.29, 1.82) is 0 Å². The number of nitrogens with zero attached hydrogens (tertiary/aromatic N) is 3. The molecule has 1 unspecified atom stereocenters. The first-order chi connectivity index (χ1) is 9.77. The number of hydrogen-bond acceptors (Lipinski definition) is 4. The molecule has 0 saturated carbocycles. The Morgan fingerprint density at radius 1 is 1.43 bits per heavy atom. The van der Waals surface area contributed by atoms with Crippen molar-refractivity contribution in [2.75, 3.05) is 26.7 Å². The van der Waals surface area contributed by atoms with Crippen LogP contribution < -0.4 is 0 Å². The van der Waals surface area contributed by atoms with Gasteiger partial charge in [-0.1, -0.05) is 0 Å². The number of carboxylic acid groups (broad SMARTS) is 1. The second kappa shape index (κ2) is 5.78. The fraction of sp³-hybridized carbons (Fsp3) is 0.615.